The van der Waals surface area contributed by atoms with Crippen molar-refractivity contribution >= 4 is 54.5 Å². The normalized spacial score (nSPS) is 19.2. The number of thioether (sulfide) groups is 1. The zero-order valence-corrected chi connectivity index (χ0v) is 14.4. The van der Waals surface area contributed by atoms with Crippen molar-refractivity contribution in [1.82, 2.24) is 0 Å². The van der Waals surface area contributed by atoms with Gasteiger partial charge in [-0.1, -0.05) is 41.5 Å². The van der Waals surface area contributed by atoms with Gasteiger partial charge in [-0.15, -0.1) is 0 Å². The zero-order chi connectivity index (χ0) is 13.1. The molecule has 1 unspecified atom stereocenters. The van der Waals surface area contributed by atoms with Crippen LogP contribution < -0.4 is 5.32 Å². The van der Waals surface area contributed by atoms with Gasteiger partial charge in [0.1, 0.15) is 0 Å². The van der Waals surface area contributed by atoms with Crippen LogP contribution in [-0.2, 0) is 0 Å². The average Bonchev–Trinajstić information content (AvgIpc) is 2.70. The monoisotopic (exact) mass is 390 g/mol. The first-order chi connectivity index (χ1) is 8.54. The van der Waals surface area contributed by atoms with Crippen LogP contribution in [0.3, 0.4) is 0 Å². The number of aliphatic imine (C=N–C) groups is 1. The van der Waals surface area contributed by atoms with Crippen LogP contribution in [0.25, 0.3) is 0 Å². The molecule has 98 valence electrons. The third-order valence-corrected chi connectivity index (χ3v) is 4.84. The van der Waals surface area contributed by atoms with Crippen LogP contribution in [0.5, 0.6) is 0 Å². The highest BCUT2D eigenvalue weighted by atomic mass is 79.9. The molecule has 0 aromatic heterocycles. The summed E-state index contributed by atoms with van der Waals surface area (Å²) in [5.41, 5.74) is 1.06. The van der Waals surface area contributed by atoms with Gasteiger partial charge in [0.05, 0.1) is 11.7 Å². The summed E-state index contributed by atoms with van der Waals surface area (Å²) in [4.78, 5) is 4.73. The van der Waals surface area contributed by atoms with Crippen molar-refractivity contribution in [3.8, 4) is 0 Å². The van der Waals surface area contributed by atoms with E-state index in [0.717, 1.165) is 32.0 Å². The van der Waals surface area contributed by atoms with Gasteiger partial charge < -0.3 is 5.32 Å². The Morgan fingerprint density at radius 3 is 2.94 bits per heavy atom. The summed E-state index contributed by atoms with van der Waals surface area (Å²) in [6.45, 7) is 4.49. The molecule has 1 aliphatic heterocycles. The van der Waals surface area contributed by atoms with Crippen molar-refractivity contribution < 1.29 is 0 Å². The molecular weight excluding hydrogens is 376 g/mol. The van der Waals surface area contributed by atoms with Crippen LogP contribution in [0.4, 0.5) is 5.69 Å². The lowest BCUT2D eigenvalue weighted by molar-refractivity contribution is 0.529. The molecule has 0 amide bonds. The number of halogens is 2. The minimum atomic E-state index is 0.462. The van der Waals surface area contributed by atoms with E-state index >= 15 is 0 Å². The Hall–Kier alpha value is -0.000000000000000111. The second kappa shape index (κ2) is 6.44. The molecule has 0 saturated carbocycles. The summed E-state index contributed by atoms with van der Waals surface area (Å²) < 4.78 is 2.12. The summed E-state index contributed by atoms with van der Waals surface area (Å²) in [5, 5.41) is 4.42. The molecule has 0 spiro atoms. The maximum atomic E-state index is 4.73. The quantitative estimate of drug-likeness (QED) is 0.771. The Morgan fingerprint density at radius 2 is 2.22 bits per heavy atom. The molecule has 1 aliphatic rings. The predicted molar refractivity (Wildman–Crippen MR) is 88.6 cm³/mol. The lowest BCUT2D eigenvalue weighted by Crippen LogP contribution is -2.08. The number of amidine groups is 1. The minimum Gasteiger partial charge on any atom is -0.334 e. The van der Waals surface area contributed by atoms with Crippen molar-refractivity contribution in [3.05, 3.63) is 27.1 Å². The number of anilines is 1. The van der Waals surface area contributed by atoms with Gasteiger partial charge in [0.15, 0.2) is 5.17 Å². The number of benzene rings is 1. The fourth-order valence-corrected chi connectivity index (χ4v) is 3.53. The summed E-state index contributed by atoms with van der Waals surface area (Å²) >= 11 is 8.83. The molecule has 1 aromatic carbocycles. The van der Waals surface area contributed by atoms with Crippen molar-refractivity contribution in [2.75, 3.05) is 11.1 Å². The molecule has 1 N–H and O–H groups in total. The Kier molecular flexibility index (Phi) is 5.15. The van der Waals surface area contributed by atoms with Crippen molar-refractivity contribution in [1.29, 1.82) is 0 Å². The predicted octanol–water partition coefficient (Wildman–Crippen LogP) is 5.14. The van der Waals surface area contributed by atoms with Crippen LogP contribution in [0.15, 0.2) is 32.1 Å². The number of nitrogens with one attached hydrogen (secondary N) is 1. The highest BCUT2D eigenvalue weighted by Gasteiger charge is 2.19. The summed E-state index contributed by atoms with van der Waals surface area (Å²) in [6.07, 6.45) is 1.16. The van der Waals surface area contributed by atoms with Gasteiger partial charge in [0.2, 0.25) is 0 Å². The Bertz CT molecular complexity index is 460. The first-order valence-electron chi connectivity index (χ1n) is 5.97. The van der Waals surface area contributed by atoms with Crippen molar-refractivity contribution in [2.24, 2.45) is 10.9 Å². The minimum absolute atomic E-state index is 0.462. The number of hydrogen-bond donors (Lipinski definition) is 1. The van der Waals surface area contributed by atoms with E-state index in [0.29, 0.717) is 12.0 Å². The second-order valence-electron chi connectivity index (χ2n) is 4.78. The fraction of sp³-hybridized carbons (Fsp3) is 0.462. The fourth-order valence-electron chi connectivity index (χ4n) is 1.86. The van der Waals surface area contributed by atoms with E-state index in [-0.39, 0.29) is 0 Å². The SMILES string of the molecule is CC(C)CC1CSC(Nc2cc(Br)ccc2Br)=N1. The first kappa shape index (κ1) is 14.4. The number of rotatable bonds is 3. The molecule has 2 nitrogen and oxygen atoms in total. The van der Waals surface area contributed by atoms with Gasteiger partial charge in [-0.2, -0.15) is 0 Å². The van der Waals surface area contributed by atoms with Gasteiger partial charge in [0.25, 0.3) is 0 Å². The largest absolute Gasteiger partial charge is 0.334 e. The average molecular weight is 392 g/mol. The van der Waals surface area contributed by atoms with Gasteiger partial charge in [-0.05, 0) is 46.5 Å². The maximum Gasteiger partial charge on any atom is 0.161 e. The molecule has 0 aliphatic carbocycles. The topological polar surface area (TPSA) is 24.4 Å². The van der Waals surface area contributed by atoms with E-state index in [9.17, 15) is 0 Å². The zero-order valence-electron chi connectivity index (χ0n) is 10.4. The lowest BCUT2D eigenvalue weighted by Gasteiger charge is -2.08. The molecule has 5 heteroatoms. The van der Waals surface area contributed by atoms with Crippen LogP contribution in [0.1, 0.15) is 20.3 Å². The van der Waals surface area contributed by atoms with Crippen molar-refractivity contribution in [2.45, 2.75) is 26.3 Å². The highest BCUT2D eigenvalue weighted by Crippen LogP contribution is 2.29. The molecule has 1 heterocycles. The third-order valence-electron chi connectivity index (χ3n) is 2.63. The van der Waals surface area contributed by atoms with Crippen LogP contribution >= 0.6 is 43.6 Å². The Morgan fingerprint density at radius 1 is 1.44 bits per heavy atom. The first-order valence-corrected chi connectivity index (χ1v) is 8.54. The van der Waals surface area contributed by atoms with E-state index < -0.39 is 0 Å². The smallest absolute Gasteiger partial charge is 0.161 e. The van der Waals surface area contributed by atoms with Gasteiger partial charge in [0, 0.05) is 14.7 Å². The lowest BCUT2D eigenvalue weighted by atomic mass is 10.1. The van der Waals surface area contributed by atoms with E-state index in [1.54, 1.807) is 11.8 Å². The molecular formula is C13H16Br2N2S. The third kappa shape index (κ3) is 4.00. The summed E-state index contributed by atoms with van der Waals surface area (Å²) in [5.74, 6) is 1.79. The second-order valence-corrected chi connectivity index (χ2v) is 7.56. The van der Waals surface area contributed by atoms with Gasteiger partial charge >= 0.3 is 0 Å². The van der Waals surface area contributed by atoms with Crippen molar-refractivity contribution in [3.63, 3.8) is 0 Å². The molecule has 0 radical (unpaired) electrons. The van der Waals surface area contributed by atoms with Crippen LogP contribution in [0, 0.1) is 5.92 Å². The maximum absolute atomic E-state index is 4.73. The standard InChI is InChI=1S/C13H16Br2N2S/c1-8(2)5-10-7-18-13(16-10)17-12-6-9(14)3-4-11(12)15/h3-4,6,8,10H,5,7H2,1-2H3,(H,16,17). The molecule has 2 rings (SSSR count). The summed E-state index contributed by atoms with van der Waals surface area (Å²) in [6, 6.07) is 6.56. The van der Waals surface area contributed by atoms with Gasteiger partial charge in [-0.25, -0.2) is 0 Å². The van der Waals surface area contributed by atoms with E-state index in [2.05, 4.69) is 57.1 Å². The summed E-state index contributed by atoms with van der Waals surface area (Å²) in [7, 11) is 0. The Labute approximate surface area is 129 Å². The molecule has 0 saturated heterocycles. The van der Waals surface area contributed by atoms with E-state index in [1.165, 1.54) is 0 Å². The number of hydrogen-bond acceptors (Lipinski definition) is 3. The molecule has 0 bridgehead atoms. The van der Waals surface area contributed by atoms with E-state index in [1.807, 2.05) is 12.1 Å². The van der Waals surface area contributed by atoms with Crippen LogP contribution in [0.2, 0.25) is 0 Å². The van der Waals surface area contributed by atoms with Crippen LogP contribution in [-0.4, -0.2) is 17.0 Å². The van der Waals surface area contributed by atoms with Gasteiger partial charge in [-0.3, -0.25) is 4.99 Å². The highest BCUT2D eigenvalue weighted by molar-refractivity contribution is 9.11. The van der Waals surface area contributed by atoms with E-state index in [4.69, 9.17) is 4.99 Å². The molecule has 18 heavy (non-hydrogen) atoms. The Balaban J connectivity index is 2.04. The molecule has 1 aromatic rings. The number of nitrogens with zero attached hydrogens (tertiary/aromatic N) is 1. The molecule has 0 fully saturated rings. The molecule has 1 atom stereocenters.